The summed E-state index contributed by atoms with van der Waals surface area (Å²) in [6.45, 7) is 2.03. The first kappa shape index (κ1) is 15.8. The Morgan fingerprint density at radius 1 is 1.25 bits per heavy atom. The van der Waals surface area contributed by atoms with Crippen LogP contribution in [-0.2, 0) is 16.0 Å². The summed E-state index contributed by atoms with van der Waals surface area (Å²) in [7, 11) is 0. The molecule has 0 unspecified atom stereocenters. The highest BCUT2D eigenvalue weighted by Crippen LogP contribution is 2.30. The van der Waals surface area contributed by atoms with Gasteiger partial charge in [-0.2, -0.15) is 0 Å². The maximum absolute atomic E-state index is 11.9. The number of hydrogen-bond acceptors (Lipinski definition) is 4. The molecule has 0 saturated heterocycles. The van der Waals surface area contributed by atoms with E-state index in [9.17, 15) is 14.4 Å². The summed E-state index contributed by atoms with van der Waals surface area (Å²) in [5.41, 5.74) is 2.53. The van der Waals surface area contributed by atoms with Gasteiger partial charge in [-0.25, -0.2) is 0 Å². The van der Waals surface area contributed by atoms with Crippen molar-refractivity contribution in [2.45, 2.75) is 13.3 Å². The first-order valence-corrected chi connectivity index (χ1v) is 7.57. The zero-order valence-corrected chi connectivity index (χ0v) is 13.2. The largest absolute Gasteiger partial charge is 0.459 e. The Bertz CT molecular complexity index is 783. The van der Waals surface area contributed by atoms with Gasteiger partial charge in [0.1, 0.15) is 0 Å². The van der Waals surface area contributed by atoms with Crippen LogP contribution in [-0.4, -0.2) is 30.8 Å². The average Bonchev–Trinajstić information content (AvgIpc) is 3.21. The highest BCUT2D eigenvalue weighted by molar-refractivity contribution is 5.99. The molecule has 0 saturated carbocycles. The number of nitrogens with one attached hydrogen (secondary N) is 2. The Hall–Kier alpha value is -3.09. The van der Waals surface area contributed by atoms with Crippen molar-refractivity contribution >= 4 is 29.1 Å². The molecule has 7 heteroatoms. The van der Waals surface area contributed by atoms with Crippen molar-refractivity contribution in [1.29, 1.82) is 0 Å². The standard InChI is InChI=1S/C17H17N3O4/c1-11(21)20-7-6-12-9-13(4-5-14(12)20)19-16(22)10-18-17(23)15-3-2-8-24-15/h2-5,8-9H,6-7,10H2,1H3,(H,18,23)(H,19,22). The van der Waals surface area contributed by atoms with Gasteiger partial charge in [-0.15, -0.1) is 0 Å². The number of nitrogens with zero attached hydrogens (tertiary/aromatic N) is 1. The van der Waals surface area contributed by atoms with Gasteiger partial charge in [-0.1, -0.05) is 0 Å². The molecule has 1 aliphatic rings. The van der Waals surface area contributed by atoms with E-state index in [0.717, 1.165) is 17.7 Å². The Morgan fingerprint density at radius 3 is 2.79 bits per heavy atom. The molecular formula is C17H17N3O4. The lowest BCUT2D eigenvalue weighted by atomic mass is 10.1. The minimum Gasteiger partial charge on any atom is -0.459 e. The van der Waals surface area contributed by atoms with Gasteiger partial charge in [0, 0.05) is 24.8 Å². The molecule has 3 amide bonds. The fourth-order valence-corrected chi connectivity index (χ4v) is 2.67. The Labute approximate surface area is 138 Å². The molecule has 7 nitrogen and oxygen atoms in total. The molecule has 0 spiro atoms. The molecule has 0 atom stereocenters. The van der Waals surface area contributed by atoms with E-state index in [0.29, 0.717) is 12.2 Å². The SMILES string of the molecule is CC(=O)N1CCc2cc(NC(=O)CNC(=O)c3ccco3)ccc21. The number of benzene rings is 1. The number of hydrogen-bond donors (Lipinski definition) is 2. The van der Waals surface area contributed by atoms with Gasteiger partial charge < -0.3 is 20.0 Å². The van der Waals surface area contributed by atoms with E-state index in [-0.39, 0.29) is 24.1 Å². The van der Waals surface area contributed by atoms with Crippen LogP contribution in [0, 0.1) is 0 Å². The summed E-state index contributed by atoms with van der Waals surface area (Å²) in [5, 5.41) is 5.21. The van der Waals surface area contributed by atoms with E-state index in [1.54, 1.807) is 17.0 Å². The lowest BCUT2D eigenvalue weighted by Gasteiger charge is -2.15. The molecule has 1 aromatic carbocycles. The average molecular weight is 327 g/mol. The van der Waals surface area contributed by atoms with Crippen LogP contribution in [0.2, 0.25) is 0 Å². The maximum Gasteiger partial charge on any atom is 0.287 e. The minimum atomic E-state index is -0.443. The summed E-state index contributed by atoms with van der Waals surface area (Å²) >= 11 is 0. The Kier molecular flexibility index (Phi) is 4.33. The van der Waals surface area contributed by atoms with E-state index < -0.39 is 5.91 Å². The number of carbonyl (C=O) groups excluding carboxylic acids is 3. The molecule has 2 aromatic rings. The molecule has 0 radical (unpaired) electrons. The highest BCUT2D eigenvalue weighted by Gasteiger charge is 2.22. The number of furan rings is 1. The Morgan fingerprint density at radius 2 is 2.08 bits per heavy atom. The van der Waals surface area contributed by atoms with Crippen molar-refractivity contribution in [3.63, 3.8) is 0 Å². The predicted molar refractivity (Wildman–Crippen MR) is 87.8 cm³/mol. The van der Waals surface area contributed by atoms with Crippen molar-refractivity contribution < 1.29 is 18.8 Å². The normalized spacial score (nSPS) is 12.6. The third-order valence-electron chi connectivity index (χ3n) is 3.79. The van der Waals surface area contributed by atoms with Crippen molar-refractivity contribution in [3.8, 4) is 0 Å². The van der Waals surface area contributed by atoms with Gasteiger partial charge in [0.05, 0.1) is 12.8 Å². The zero-order chi connectivity index (χ0) is 17.1. The first-order valence-electron chi connectivity index (χ1n) is 7.57. The van der Waals surface area contributed by atoms with Gasteiger partial charge in [0.15, 0.2) is 5.76 Å². The molecule has 24 heavy (non-hydrogen) atoms. The number of rotatable bonds is 4. The van der Waals surface area contributed by atoms with Crippen LogP contribution >= 0.6 is 0 Å². The molecule has 2 N–H and O–H groups in total. The Balaban J connectivity index is 1.57. The van der Waals surface area contributed by atoms with Gasteiger partial charge >= 0.3 is 0 Å². The highest BCUT2D eigenvalue weighted by atomic mass is 16.3. The number of anilines is 2. The van der Waals surface area contributed by atoms with Crippen LogP contribution in [0.5, 0.6) is 0 Å². The number of carbonyl (C=O) groups is 3. The molecule has 1 aromatic heterocycles. The fraction of sp³-hybridized carbons (Fsp3) is 0.235. The second-order valence-electron chi connectivity index (χ2n) is 5.47. The second-order valence-corrected chi connectivity index (χ2v) is 5.47. The molecule has 1 aliphatic heterocycles. The van der Waals surface area contributed by atoms with Crippen LogP contribution in [0.4, 0.5) is 11.4 Å². The van der Waals surface area contributed by atoms with Gasteiger partial charge in [-0.05, 0) is 42.3 Å². The maximum atomic E-state index is 11.9. The van der Waals surface area contributed by atoms with E-state index >= 15 is 0 Å². The third kappa shape index (κ3) is 3.29. The van der Waals surface area contributed by atoms with E-state index in [1.165, 1.54) is 19.3 Å². The molecule has 3 rings (SSSR count). The van der Waals surface area contributed by atoms with E-state index in [2.05, 4.69) is 10.6 Å². The van der Waals surface area contributed by atoms with Crippen LogP contribution in [0.3, 0.4) is 0 Å². The van der Waals surface area contributed by atoms with E-state index in [1.807, 2.05) is 12.1 Å². The summed E-state index contributed by atoms with van der Waals surface area (Å²) < 4.78 is 4.95. The summed E-state index contributed by atoms with van der Waals surface area (Å²) in [6.07, 6.45) is 2.15. The first-order chi connectivity index (χ1) is 11.5. The van der Waals surface area contributed by atoms with Crippen molar-refractivity contribution in [2.75, 3.05) is 23.3 Å². The van der Waals surface area contributed by atoms with Crippen molar-refractivity contribution in [1.82, 2.24) is 5.32 Å². The zero-order valence-electron chi connectivity index (χ0n) is 13.2. The number of amides is 3. The summed E-state index contributed by atoms with van der Waals surface area (Å²) in [5.74, 6) is -0.617. The smallest absolute Gasteiger partial charge is 0.287 e. The van der Waals surface area contributed by atoms with Crippen molar-refractivity contribution in [2.24, 2.45) is 0 Å². The van der Waals surface area contributed by atoms with Crippen LogP contribution in [0.15, 0.2) is 41.0 Å². The minimum absolute atomic E-state index is 0.00572. The predicted octanol–water partition coefficient (Wildman–Crippen LogP) is 1.56. The van der Waals surface area contributed by atoms with Crippen LogP contribution < -0.4 is 15.5 Å². The monoisotopic (exact) mass is 327 g/mol. The third-order valence-corrected chi connectivity index (χ3v) is 3.79. The molecule has 2 heterocycles. The quantitative estimate of drug-likeness (QED) is 0.891. The number of fused-ring (bicyclic) bond motifs is 1. The molecule has 124 valence electrons. The topological polar surface area (TPSA) is 91.7 Å². The summed E-state index contributed by atoms with van der Waals surface area (Å²) in [6, 6.07) is 8.54. The van der Waals surface area contributed by atoms with E-state index in [4.69, 9.17) is 4.42 Å². The van der Waals surface area contributed by atoms with Crippen molar-refractivity contribution in [3.05, 3.63) is 47.9 Å². The summed E-state index contributed by atoms with van der Waals surface area (Å²) in [4.78, 5) is 36.9. The molecule has 0 aliphatic carbocycles. The molecule has 0 fully saturated rings. The molecule has 0 bridgehead atoms. The fourth-order valence-electron chi connectivity index (χ4n) is 2.67. The lowest BCUT2D eigenvalue weighted by molar-refractivity contribution is -0.116. The van der Waals surface area contributed by atoms with Gasteiger partial charge in [-0.3, -0.25) is 14.4 Å². The lowest BCUT2D eigenvalue weighted by Crippen LogP contribution is -2.32. The molecular weight excluding hydrogens is 310 g/mol. The second kappa shape index (κ2) is 6.57. The van der Waals surface area contributed by atoms with Crippen LogP contribution in [0.1, 0.15) is 23.0 Å². The van der Waals surface area contributed by atoms with Gasteiger partial charge in [0.25, 0.3) is 5.91 Å². The van der Waals surface area contributed by atoms with Crippen LogP contribution in [0.25, 0.3) is 0 Å². The van der Waals surface area contributed by atoms with Gasteiger partial charge in [0.2, 0.25) is 11.8 Å².